The van der Waals surface area contributed by atoms with Gasteiger partial charge >= 0.3 is 6.18 Å². The number of alkyl halides is 3. The van der Waals surface area contributed by atoms with Crippen LogP contribution in [0.2, 0.25) is 0 Å². The summed E-state index contributed by atoms with van der Waals surface area (Å²) in [6.07, 6.45) is -3.50. The molecule has 0 unspecified atom stereocenters. The lowest BCUT2D eigenvalue weighted by Crippen LogP contribution is -2.16. The predicted octanol–water partition coefficient (Wildman–Crippen LogP) is 4.33. The molecule has 3 aromatic rings. The number of aryl methyl sites for hydroxylation is 2. The smallest absolute Gasteiger partial charge is 0.396 e. The number of hydrogen-bond donors (Lipinski definition) is 1. The molecule has 0 fully saturated rings. The van der Waals surface area contributed by atoms with Gasteiger partial charge in [0.05, 0.1) is 4.90 Å². The van der Waals surface area contributed by atoms with Gasteiger partial charge in [0, 0.05) is 30.5 Å². The Hall–Kier alpha value is -2.65. The molecule has 0 atom stereocenters. The summed E-state index contributed by atoms with van der Waals surface area (Å²) in [7, 11) is -3.44. The number of benzene rings is 2. The summed E-state index contributed by atoms with van der Waals surface area (Å²) >= 11 is 0. The summed E-state index contributed by atoms with van der Waals surface area (Å²) in [5, 5.41) is 13.3. The van der Waals surface area contributed by atoms with E-state index in [0.717, 1.165) is 10.9 Å². The molecule has 0 radical (unpaired) electrons. The molecule has 0 bridgehead atoms. The molecule has 160 valence electrons. The molecule has 5 nitrogen and oxygen atoms in total. The first-order valence-corrected chi connectivity index (χ1v) is 11.1. The Bertz CT molecular complexity index is 1150. The van der Waals surface area contributed by atoms with Crippen LogP contribution in [0.1, 0.15) is 17.7 Å². The Labute approximate surface area is 172 Å². The van der Waals surface area contributed by atoms with Crippen molar-refractivity contribution in [2.75, 3.05) is 12.9 Å². The maximum Gasteiger partial charge on any atom is 0.433 e. The summed E-state index contributed by atoms with van der Waals surface area (Å²) in [6.45, 7) is 1.35. The maximum atomic E-state index is 14.1. The van der Waals surface area contributed by atoms with Crippen LogP contribution in [0.3, 0.4) is 0 Å². The fraction of sp³-hybridized carbons (Fsp3) is 0.286. The van der Waals surface area contributed by atoms with Crippen LogP contribution in [0.15, 0.2) is 53.4 Å². The van der Waals surface area contributed by atoms with Crippen molar-refractivity contribution in [1.29, 1.82) is 0 Å². The number of hydrogen-bond acceptors (Lipinski definition) is 4. The Morgan fingerprint density at radius 2 is 1.70 bits per heavy atom. The van der Waals surface area contributed by atoms with Crippen molar-refractivity contribution in [3.05, 3.63) is 59.8 Å². The number of aliphatic hydroxyl groups excluding tert-OH is 1. The van der Waals surface area contributed by atoms with Crippen LogP contribution in [-0.4, -0.2) is 36.2 Å². The fourth-order valence-corrected chi connectivity index (χ4v) is 3.93. The lowest BCUT2D eigenvalue weighted by molar-refractivity contribution is -0.143. The van der Waals surface area contributed by atoms with E-state index < -0.39 is 21.7 Å². The normalized spacial score (nSPS) is 12.3. The monoisotopic (exact) mass is 438 g/mol. The van der Waals surface area contributed by atoms with Crippen LogP contribution in [0.5, 0.6) is 0 Å². The summed E-state index contributed by atoms with van der Waals surface area (Å²) in [5.41, 5.74) is 0.558. The predicted molar refractivity (Wildman–Crippen MR) is 108 cm³/mol. The molecule has 3 rings (SSSR count). The third kappa shape index (κ3) is 4.41. The largest absolute Gasteiger partial charge is 0.433 e. The lowest BCUT2D eigenvalue weighted by Gasteiger charge is -2.14. The zero-order chi connectivity index (χ0) is 22.1. The fourth-order valence-electron chi connectivity index (χ4n) is 3.30. The van der Waals surface area contributed by atoms with Gasteiger partial charge in [-0.15, -0.1) is 0 Å². The minimum atomic E-state index is -4.68. The average molecular weight is 438 g/mol. The molecule has 30 heavy (non-hydrogen) atoms. The second kappa shape index (κ2) is 8.23. The van der Waals surface area contributed by atoms with Gasteiger partial charge in [0.25, 0.3) is 0 Å². The van der Waals surface area contributed by atoms with E-state index in [1.807, 2.05) is 0 Å². The lowest BCUT2D eigenvalue weighted by atomic mass is 9.95. The van der Waals surface area contributed by atoms with Crippen LogP contribution in [0.4, 0.5) is 13.2 Å². The molecule has 0 aliphatic carbocycles. The van der Waals surface area contributed by atoms with Gasteiger partial charge in [-0.25, -0.2) is 8.42 Å². The van der Waals surface area contributed by atoms with Crippen molar-refractivity contribution < 1.29 is 26.7 Å². The number of aliphatic hydroxyl groups is 1. The second-order valence-electron chi connectivity index (χ2n) is 6.98. The maximum absolute atomic E-state index is 14.1. The zero-order valence-corrected chi connectivity index (χ0v) is 17.3. The minimum Gasteiger partial charge on any atom is -0.396 e. The van der Waals surface area contributed by atoms with Gasteiger partial charge < -0.3 is 5.11 Å². The van der Waals surface area contributed by atoms with Gasteiger partial charge in [-0.1, -0.05) is 36.4 Å². The standard InChI is InChI=1S/C21H21F3N2O3S/c1-14-6-3-4-7-17(14)18-19(15-8-10-16(11-9-15)30(2,28)29)25-26(12-5-13-27)20(18)21(22,23)24/h3-4,6-11,27H,5,12-13H2,1-2H3. The Kier molecular flexibility index (Phi) is 6.05. The quantitative estimate of drug-likeness (QED) is 0.622. The number of halogens is 3. The highest BCUT2D eigenvalue weighted by atomic mass is 32.2. The highest BCUT2D eigenvalue weighted by molar-refractivity contribution is 7.90. The van der Waals surface area contributed by atoms with Gasteiger partial charge in [-0.3, -0.25) is 4.68 Å². The second-order valence-corrected chi connectivity index (χ2v) is 9.00. The molecular weight excluding hydrogens is 417 g/mol. The van der Waals surface area contributed by atoms with Crippen molar-refractivity contribution in [2.24, 2.45) is 0 Å². The van der Waals surface area contributed by atoms with Gasteiger partial charge in [-0.05, 0) is 36.6 Å². The van der Waals surface area contributed by atoms with E-state index in [9.17, 15) is 21.6 Å². The molecule has 1 N–H and O–H groups in total. The first-order chi connectivity index (χ1) is 14.0. The van der Waals surface area contributed by atoms with E-state index in [1.54, 1.807) is 31.2 Å². The molecule has 0 saturated heterocycles. The van der Waals surface area contributed by atoms with Crippen LogP contribution in [0, 0.1) is 6.92 Å². The van der Waals surface area contributed by atoms with Crippen LogP contribution >= 0.6 is 0 Å². The molecule has 0 saturated carbocycles. The topological polar surface area (TPSA) is 72.2 Å². The van der Waals surface area contributed by atoms with Gasteiger partial charge in [-0.2, -0.15) is 18.3 Å². The van der Waals surface area contributed by atoms with Crippen LogP contribution in [0.25, 0.3) is 22.4 Å². The average Bonchev–Trinajstić information content (AvgIpc) is 3.06. The van der Waals surface area contributed by atoms with Gasteiger partial charge in [0.15, 0.2) is 15.5 Å². The minimum absolute atomic E-state index is 0.0642. The number of aromatic nitrogens is 2. The first-order valence-electron chi connectivity index (χ1n) is 9.19. The molecule has 0 amide bonds. The van der Waals surface area contributed by atoms with Gasteiger partial charge in [0.1, 0.15) is 5.69 Å². The molecule has 0 aliphatic rings. The van der Waals surface area contributed by atoms with Crippen LogP contribution < -0.4 is 0 Å². The molecule has 0 aliphatic heterocycles. The Morgan fingerprint density at radius 1 is 1.07 bits per heavy atom. The highest BCUT2D eigenvalue weighted by Gasteiger charge is 2.40. The third-order valence-electron chi connectivity index (χ3n) is 4.72. The molecule has 9 heteroatoms. The molecule has 1 heterocycles. The van der Waals surface area contributed by atoms with E-state index in [-0.39, 0.29) is 35.7 Å². The summed E-state index contributed by atoms with van der Waals surface area (Å²) < 4.78 is 66.6. The van der Waals surface area contributed by atoms with Crippen molar-refractivity contribution in [1.82, 2.24) is 9.78 Å². The summed E-state index contributed by atoms with van der Waals surface area (Å²) in [5.74, 6) is 0. The van der Waals surface area contributed by atoms with Crippen molar-refractivity contribution in [3.63, 3.8) is 0 Å². The number of rotatable bonds is 6. The third-order valence-corrected chi connectivity index (χ3v) is 5.85. The first kappa shape index (κ1) is 22.0. The number of nitrogens with zero attached hydrogens (tertiary/aromatic N) is 2. The number of sulfone groups is 1. The van der Waals surface area contributed by atoms with E-state index in [0.29, 0.717) is 16.7 Å². The van der Waals surface area contributed by atoms with Gasteiger partial charge in [0.2, 0.25) is 0 Å². The highest BCUT2D eigenvalue weighted by Crippen LogP contribution is 2.43. The summed E-state index contributed by atoms with van der Waals surface area (Å²) in [4.78, 5) is 0.0689. The molecular formula is C21H21F3N2O3S. The molecule has 2 aromatic carbocycles. The Morgan fingerprint density at radius 3 is 2.23 bits per heavy atom. The van der Waals surface area contributed by atoms with E-state index in [2.05, 4.69) is 5.10 Å². The molecule has 0 spiro atoms. The van der Waals surface area contributed by atoms with Crippen molar-refractivity contribution >= 4 is 9.84 Å². The molecule has 1 aromatic heterocycles. The zero-order valence-electron chi connectivity index (χ0n) is 16.4. The van der Waals surface area contributed by atoms with Crippen LogP contribution in [-0.2, 0) is 22.6 Å². The van der Waals surface area contributed by atoms with Crippen molar-refractivity contribution in [3.8, 4) is 22.4 Å². The van der Waals surface area contributed by atoms with E-state index >= 15 is 0 Å². The SMILES string of the molecule is Cc1ccccc1-c1c(-c2ccc(S(C)(=O)=O)cc2)nn(CCCO)c1C(F)(F)F. The van der Waals surface area contributed by atoms with E-state index in [4.69, 9.17) is 5.11 Å². The summed E-state index contributed by atoms with van der Waals surface area (Å²) in [6, 6.07) is 12.3. The Balaban J connectivity index is 2.31. The van der Waals surface area contributed by atoms with E-state index in [1.165, 1.54) is 24.3 Å². The van der Waals surface area contributed by atoms with Crippen molar-refractivity contribution in [2.45, 2.75) is 31.0 Å².